The van der Waals surface area contributed by atoms with Gasteiger partial charge in [-0.25, -0.2) is 9.67 Å². The first kappa shape index (κ1) is 20.7. The SMILES string of the molecule is Cc1ccc(CNC(=O)c2cc(C3CC3)nc3c2c(C)nn3-c2cccc(Cl)c2C)cc1. The summed E-state index contributed by atoms with van der Waals surface area (Å²) < 4.78 is 1.83. The lowest BCUT2D eigenvalue weighted by molar-refractivity contribution is 0.0952. The lowest BCUT2D eigenvalue weighted by Crippen LogP contribution is -2.23. The van der Waals surface area contributed by atoms with Gasteiger partial charge in [0.25, 0.3) is 5.91 Å². The van der Waals surface area contributed by atoms with Crippen LogP contribution in [0.15, 0.2) is 48.5 Å². The first-order valence-electron chi connectivity index (χ1n) is 10.9. The van der Waals surface area contributed by atoms with Gasteiger partial charge in [0.05, 0.1) is 22.3 Å². The molecule has 1 aliphatic carbocycles. The zero-order valence-electron chi connectivity index (χ0n) is 18.4. The Morgan fingerprint density at radius 2 is 1.88 bits per heavy atom. The summed E-state index contributed by atoms with van der Waals surface area (Å²) in [4.78, 5) is 18.3. The Labute approximate surface area is 192 Å². The summed E-state index contributed by atoms with van der Waals surface area (Å²) in [5.74, 6) is 0.303. The van der Waals surface area contributed by atoms with Crippen molar-refractivity contribution in [1.29, 1.82) is 0 Å². The van der Waals surface area contributed by atoms with E-state index in [0.717, 1.165) is 46.4 Å². The molecule has 0 bridgehead atoms. The minimum absolute atomic E-state index is 0.106. The van der Waals surface area contributed by atoms with Gasteiger partial charge < -0.3 is 5.32 Å². The van der Waals surface area contributed by atoms with E-state index in [1.54, 1.807) is 0 Å². The van der Waals surface area contributed by atoms with Crippen LogP contribution in [0, 0.1) is 20.8 Å². The van der Waals surface area contributed by atoms with Gasteiger partial charge in [-0.1, -0.05) is 47.5 Å². The van der Waals surface area contributed by atoms with Gasteiger partial charge in [0.2, 0.25) is 0 Å². The molecular weight excluding hydrogens is 420 g/mol. The van der Waals surface area contributed by atoms with Crippen molar-refractivity contribution < 1.29 is 4.79 Å². The van der Waals surface area contributed by atoms with Crippen LogP contribution in [0.25, 0.3) is 16.7 Å². The maximum atomic E-state index is 13.3. The van der Waals surface area contributed by atoms with Crippen LogP contribution >= 0.6 is 11.6 Å². The Hall–Kier alpha value is -3.18. The van der Waals surface area contributed by atoms with Gasteiger partial charge in [-0.05, 0) is 62.9 Å². The van der Waals surface area contributed by atoms with Crippen molar-refractivity contribution in [3.63, 3.8) is 0 Å². The molecule has 0 atom stereocenters. The largest absolute Gasteiger partial charge is 0.348 e. The van der Waals surface area contributed by atoms with Gasteiger partial charge in [-0.15, -0.1) is 0 Å². The van der Waals surface area contributed by atoms with Gasteiger partial charge in [0.1, 0.15) is 0 Å². The predicted molar refractivity (Wildman–Crippen MR) is 128 cm³/mol. The fourth-order valence-corrected chi connectivity index (χ4v) is 4.22. The molecule has 0 spiro atoms. The quantitative estimate of drug-likeness (QED) is 0.422. The van der Waals surface area contributed by atoms with Crippen LogP contribution in [0.1, 0.15) is 57.2 Å². The summed E-state index contributed by atoms with van der Waals surface area (Å²) >= 11 is 6.38. The van der Waals surface area contributed by atoms with E-state index in [-0.39, 0.29) is 5.91 Å². The number of hydrogen-bond acceptors (Lipinski definition) is 3. The molecular formula is C26H25ClN4O. The molecule has 1 amide bonds. The fourth-order valence-electron chi connectivity index (χ4n) is 4.05. The molecule has 1 N–H and O–H groups in total. The molecule has 162 valence electrons. The molecule has 1 saturated carbocycles. The highest BCUT2D eigenvalue weighted by Crippen LogP contribution is 2.41. The van der Waals surface area contributed by atoms with Crippen LogP contribution in [0.3, 0.4) is 0 Å². The summed E-state index contributed by atoms with van der Waals surface area (Å²) in [6.07, 6.45) is 2.21. The van der Waals surface area contributed by atoms with Crippen molar-refractivity contribution in [2.75, 3.05) is 0 Å². The average molecular weight is 445 g/mol. The molecule has 4 aromatic rings. The van der Waals surface area contributed by atoms with Crippen molar-refractivity contribution in [2.45, 2.75) is 46.1 Å². The first-order valence-corrected chi connectivity index (χ1v) is 11.3. The summed E-state index contributed by atoms with van der Waals surface area (Å²) in [5, 5.41) is 9.32. The molecule has 2 aromatic carbocycles. The normalized spacial score (nSPS) is 13.5. The van der Waals surface area contributed by atoms with E-state index in [4.69, 9.17) is 21.7 Å². The molecule has 32 heavy (non-hydrogen) atoms. The third-order valence-electron chi connectivity index (χ3n) is 6.11. The molecule has 2 aromatic heterocycles. The molecule has 6 heteroatoms. The van der Waals surface area contributed by atoms with E-state index in [9.17, 15) is 4.79 Å². The van der Waals surface area contributed by atoms with Gasteiger partial charge in [0.15, 0.2) is 5.65 Å². The molecule has 0 saturated heterocycles. The summed E-state index contributed by atoms with van der Waals surface area (Å²) in [6.45, 7) is 6.42. The van der Waals surface area contributed by atoms with Crippen molar-refractivity contribution in [1.82, 2.24) is 20.1 Å². The van der Waals surface area contributed by atoms with E-state index < -0.39 is 0 Å². The monoisotopic (exact) mass is 444 g/mol. The molecule has 1 aliphatic rings. The molecule has 0 aliphatic heterocycles. The van der Waals surface area contributed by atoms with Gasteiger partial charge in [-0.3, -0.25) is 4.79 Å². The highest BCUT2D eigenvalue weighted by atomic mass is 35.5. The van der Waals surface area contributed by atoms with Crippen molar-refractivity contribution in [3.05, 3.63) is 87.2 Å². The van der Waals surface area contributed by atoms with Crippen LogP contribution in [0.5, 0.6) is 0 Å². The number of nitrogens with one attached hydrogen (secondary N) is 1. The minimum Gasteiger partial charge on any atom is -0.348 e. The fraction of sp³-hybridized carbons (Fsp3) is 0.269. The van der Waals surface area contributed by atoms with Crippen LogP contribution in [0.2, 0.25) is 5.02 Å². The lowest BCUT2D eigenvalue weighted by atomic mass is 10.1. The molecule has 0 unspecified atom stereocenters. The van der Waals surface area contributed by atoms with E-state index in [2.05, 4.69) is 24.4 Å². The third-order valence-corrected chi connectivity index (χ3v) is 6.52. The predicted octanol–water partition coefficient (Wildman–Crippen LogP) is 5.81. The lowest BCUT2D eigenvalue weighted by Gasteiger charge is -2.11. The van der Waals surface area contributed by atoms with E-state index >= 15 is 0 Å². The Morgan fingerprint density at radius 3 is 2.59 bits per heavy atom. The number of nitrogens with zero attached hydrogens (tertiary/aromatic N) is 3. The molecule has 0 radical (unpaired) electrons. The number of halogens is 1. The highest BCUT2D eigenvalue weighted by molar-refractivity contribution is 6.31. The standard InChI is InChI=1S/C26H25ClN4O/c1-15-7-9-18(10-8-15)14-28-26(32)20-13-22(19-11-12-19)29-25-24(20)17(3)30-31(25)23-6-4-5-21(27)16(23)2/h4-10,13,19H,11-12,14H2,1-3H3,(H,28,32). The second kappa shape index (κ2) is 8.06. The molecule has 1 fully saturated rings. The second-order valence-electron chi connectivity index (χ2n) is 8.62. The Morgan fingerprint density at radius 1 is 1.12 bits per heavy atom. The number of pyridine rings is 1. The first-order chi connectivity index (χ1) is 15.4. The molecule has 5 nitrogen and oxygen atoms in total. The number of aryl methyl sites for hydroxylation is 2. The van der Waals surface area contributed by atoms with E-state index in [1.165, 1.54) is 5.56 Å². The minimum atomic E-state index is -0.106. The Bertz CT molecular complexity index is 1340. The number of aromatic nitrogens is 3. The number of carbonyl (C=O) groups excluding carboxylic acids is 1. The van der Waals surface area contributed by atoms with Crippen molar-refractivity contribution >= 4 is 28.5 Å². The van der Waals surface area contributed by atoms with Gasteiger partial charge in [-0.2, -0.15) is 5.10 Å². The van der Waals surface area contributed by atoms with Gasteiger partial charge in [0, 0.05) is 23.2 Å². The van der Waals surface area contributed by atoms with Crippen molar-refractivity contribution in [2.24, 2.45) is 0 Å². The zero-order valence-corrected chi connectivity index (χ0v) is 19.2. The van der Waals surface area contributed by atoms with Crippen LogP contribution in [-0.2, 0) is 6.54 Å². The maximum Gasteiger partial charge on any atom is 0.252 e. The number of rotatable bonds is 5. The summed E-state index contributed by atoms with van der Waals surface area (Å²) in [5.41, 5.74) is 7.14. The highest BCUT2D eigenvalue weighted by Gasteiger charge is 2.29. The second-order valence-corrected chi connectivity index (χ2v) is 9.02. The van der Waals surface area contributed by atoms with Gasteiger partial charge >= 0.3 is 0 Å². The number of benzene rings is 2. The van der Waals surface area contributed by atoms with Crippen LogP contribution in [0.4, 0.5) is 0 Å². The smallest absolute Gasteiger partial charge is 0.252 e. The average Bonchev–Trinajstić information content (AvgIpc) is 3.59. The maximum absolute atomic E-state index is 13.3. The van der Waals surface area contributed by atoms with Crippen LogP contribution in [-0.4, -0.2) is 20.7 Å². The summed E-state index contributed by atoms with van der Waals surface area (Å²) in [7, 11) is 0. The number of hydrogen-bond donors (Lipinski definition) is 1. The van der Waals surface area contributed by atoms with Crippen molar-refractivity contribution in [3.8, 4) is 5.69 Å². The summed E-state index contributed by atoms with van der Waals surface area (Å²) in [6, 6.07) is 15.9. The third kappa shape index (κ3) is 3.78. The topological polar surface area (TPSA) is 59.8 Å². The van der Waals surface area contributed by atoms with E-state index in [1.807, 2.05) is 54.9 Å². The molecule has 2 heterocycles. The Balaban J connectivity index is 1.59. The number of fused-ring (bicyclic) bond motifs is 1. The van der Waals surface area contributed by atoms with E-state index in [0.29, 0.717) is 28.7 Å². The van der Waals surface area contributed by atoms with Crippen LogP contribution < -0.4 is 5.32 Å². The molecule has 5 rings (SSSR count). The zero-order chi connectivity index (χ0) is 22.4. The number of amides is 1. The number of carbonyl (C=O) groups is 1. The Kier molecular flexibility index (Phi) is 5.22.